The molecule has 0 bridgehead atoms. The van der Waals surface area contributed by atoms with Gasteiger partial charge in [-0.2, -0.15) is 31.4 Å². The molecule has 1 unspecified atom stereocenters. The Hall–Kier alpha value is -3.70. The van der Waals surface area contributed by atoms with E-state index in [0.717, 1.165) is 51.4 Å². The predicted octanol–water partition coefficient (Wildman–Crippen LogP) is 2.57. The van der Waals surface area contributed by atoms with E-state index in [4.69, 9.17) is 29.6 Å². The van der Waals surface area contributed by atoms with Crippen molar-refractivity contribution in [3.8, 4) is 0 Å². The molecule has 1 amide bonds. The van der Waals surface area contributed by atoms with Crippen LogP contribution in [0.4, 0.5) is 26.3 Å². The highest BCUT2D eigenvalue weighted by molar-refractivity contribution is 5.76. The lowest BCUT2D eigenvalue weighted by atomic mass is 10.1. The molecule has 1 atom stereocenters. The molecule has 1 aromatic heterocycles. The fourth-order valence-corrected chi connectivity index (χ4v) is 3.96. The number of carboxylic acids is 2. The van der Waals surface area contributed by atoms with Crippen molar-refractivity contribution in [2.45, 2.75) is 37.8 Å². The molecule has 3 N–H and O–H groups in total. The number of fused-ring (bicyclic) bond motifs is 1. The van der Waals surface area contributed by atoms with Crippen molar-refractivity contribution in [1.29, 1.82) is 0 Å². The van der Waals surface area contributed by atoms with Crippen LogP contribution in [0, 0.1) is 0 Å². The van der Waals surface area contributed by atoms with Crippen LogP contribution in [0.15, 0.2) is 36.5 Å². The van der Waals surface area contributed by atoms with Crippen molar-refractivity contribution in [1.82, 2.24) is 24.9 Å². The third kappa shape index (κ3) is 13.0. The van der Waals surface area contributed by atoms with Gasteiger partial charge in [0.05, 0.1) is 18.8 Å². The third-order valence-corrected chi connectivity index (χ3v) is 6.27. The van der Waals surface area contributed by atoms with Gasteiger partial charge in [-0.15, -0.1) is 0 Å². The first kappa shape index (κ1) is 35.5. The van der Waals surface area contributed by atoms with Crippen molar-refractivity contribution < 1.29 is 55.7 Å². The molecular weight excluding hydrogens is 592 g/mol. The smallest absolute Gasteiger partial charge is 0.475 e. The molecule has 2 aromatic rings. The number of hydrogen-bond donors (Lipinski definition) is 3. The fourth-order valence-electron chi connectivity index (χ4n) is 3.96. The number of rotatable bonds is 7. The number of likely N-dealkylation sites (N-methyl/N-ethyl adjacent to an activating group) is 1. The molecular formula is C26H33F6N5O6. The zero-order chi connectivity index (χ0) is 32.2. The number of halogens is 6. The molecule has 0 spiro atoms. The minimum atomic E-state index is -5.08. The first-order valence-corrected chi connectivity index (χ1v) is 13.1. The van der Waals surface area contributed by atoms with Gasteiger partial charge in [-0.1, -0.05) is 30.3 Å². The minimum absolute atomic E-state index is 0.0865. The van der Waals surface area contributed by atoms with Crippen molar-refractivity contribution in [2.75, 3.05) is 52.9 Å². The lowest BCUT2D eigenvalue weighted by Crippen LogP contribution is -2.45. The van der Waals surface area contributed by atoms with E-state index in [1.807, 2.05) is 22.9 Å². The summed E-state index contributed by atoms with van der Waals surface area (Å²) < 4.78 is 71.4. The average molecular weight is 626 g/mol. The summed E-state index contributed by atoms with van der Waals surface area (Å²) in [7, 11) is 2.14. The third-order valence-electron chi connectivity index (χ3n) is 6.27. The predicted molar refractivity (Wildman–Crippen MR) is 139 cm³/mol. The second-order valence-electron chi connectivity index (χ2n) is 9.64. The van der Waals surface area contributed by atoms with E-state index in [2.05, 4.69) is 40.5 Å². The molecule has 1 saturated heterocycles. The van der Waals surface area contributed by atoms with Gasteiger partial charge in [0.2, 0.25) is 5.91 Å². The fraction of sp³-hybridized carbons (Fsp3) is 0.538. The van der Waals surface area contributed by atoms with Crippen LogP contribution in [0.2, 0.25) is 0 Å². The number of carbonyl (C=O) groups excluding carboxylic acids is 1. The van der Waals surface area contributed by atoms with Gasteiger partial charge in [0.15, 0.2) is 0 Å². The summed E-state index contributed by atoms with van der Waals surface area (Å²) in [6.45, 7) is 6.95. The van der Waals surface area contributed by atoms with E-state index in [-0.39, 0.29) is 12.0 Å². The lowest BCUT2D eigenvalue weighted by molar-refractivity contribution is -0.193. The number of piperazine rings is 1. The topological polar surface area (TPSA) is 137 Å². The Kier molecular flexibility index (Phi) is 13.4. The maximum absolute atomic E-state index is 12.3. The number of nitrogens with one attached hydrogen (secondary N) is 1. The van der Waals surface area contributed by atoms with Gasteiger partial charge < -0.3 is 30.1 Å². The van der Waals surface area contributed by atoms with Crippen molar-refractivity contribution >= 4 is 17.8 Å². The molecule has 2 aliphatic heterocycles. The Morgan fingerprint density at radius 1 is 0.977 bits per heavy atom. The van der Waals surface area contributed by atoms with Crippen LogP contribution in [-0.2, 0) is 32.1 Å². The number of aliphatic carboxylic acids is 2. The molecule has 1 fully saturated rings. The number of amides is 1. The number of ether oxygens (including phenoxy) is 1. The molecule has 0 saturated carbocycles. The minimum Gasteiger partial charge on any atom is -0.475 e. The highest BCUT2D eigenvalue weighted by atomic mass is 19.4. The Balaban J connectivity index is 0.000000384. The molecule has 17 heteroatoms. The summed E-state index contributed by atoms with van der Waals surface area (Å²) in [6, 6.07) is 10.3. The van der Waals surface area contributed by atoms with E-state index < -0.39 is 24.3 Å². The van der Waals surface area contributed by atoms with Gasteiger partial charge >= 0.3 is 24.3 Å². The van der Waals surface area contributed by atoms with Crippen LogP contribution in [0.5, 0.6) is 0 Å². The number of alkyl halides is 6. The molecule has 0 aliphatic carbocycles. The van der Waals surface area contributed by atoms with E-state index in [0.29, 0.717) is 19.6 Å². The standard InChI is InChI=1S/C22H31N5O2.2C2HF3O2/c1-25-10-12-26(13-11-25)9-7-21(28)23-15-20-22-19(8-14-29-20)17-27(24-22)16-18-5-3-2-4-6-18;2*3-2(4,5)1(6)7/h2-6,17,20H,7-16H2,1H3,(H,23,28);2*(H,6,7). The molecule has 240 valence electrons. The van der Waals surface area contributed by atoms with E-state index >= 15 is 0 Å². The average Bonchev–Trinajstić information content (AvgIpc) is 3.35. The molecule has 3 heterocycles. The summed E-state index contributed by atoms with van der Waals surface area (Å²) in [5, 5.41) is 22.1. The Bertz CT molecular complexity index is 1160. The van der Waals surface area contributed by atoms with Crippen LogP contribution in [0.25, 0.3) is 0 Å². The Labute approximate surface area is 243 Å². The number of aromatic nitrogens is 2. The maximum atomic E-state index is 12.3. The number of carbonyl (C=O) groups is 3. The summed E-state index contributed by atoms with van der Waals surface area (Å²) in [4.78, 5) is 34.8. The van der Waals surface area contributed by atoms with Crippen molar-refractivity contribution in [2.24, 2.45) is 0 Å². The highest BCUT2D eigenvalue weighted by Gasteiger charge is 2.38. The van der Waals surface area contributed by atoms with Gasteiger partial charge in [0, 0.05) is 51.9 Å². The van der Waals surface area contributed by atoms with Gasteiger partial charge in [-0.05, 0) is 24.6 Å². The highest BCUT2D eigenvalue weighted by Crippen LogP contribution is 2.25. The van der Waals surface area contributed by atoms with Crippen molar-refractivity contribution in [3.05, 3.63) is 53.3 Å². The quantitative estimate of drug-likeness (QED) is 0.397. The molecule has 11 nitrogen and oxygen atoms in total. The Morgan fingerprint density at radius 2 is 1.53 bits per heavy atom. The monoisotopic (exact) mass is 625 g/mol. The zero-order valence-corrected chi connectivity index (χ0v) is 23.2. The summed E-state index contributed by atoms with van der Waals surface area (Å²) in [5.41, 5.74) is 3.41. The van der Waals surface area contributed by atoms with E-state index in [9.17, 15) is 31.1 Å². The molecule has 43 heavy (non-hydrogen) atoms. The summed E-state index contributed by atoms with van der Waals surface area (Å²) >= 11 is 0. The van der Waals surface area contributed by atoms with E-state index in [1.54, 1.807) is 0 Å². The molecule has 2 aliphatic rings. The first-order chi connectivity index (χ1) is 20.1. The zero-order valence-electron chi connectivity index (χ0n) is 23.2. The SMILES string of the molecule is CN1CCN(CCC(=O)NCC2OCCc3cn(Cc4ccccc4)nc32)CC1.O=C(O)C(F)(F)F.O=C(O)C(F)(F)F. The van der Waals surface area contributed by atoms with Crippen LogP contribution in [0.3, 0.4) is 0 Å². The van der Waals surface area contributed by atoms with Gasteiger partial charge in [-0.25, -0.2) is 9.59 Å². The van der Waals surface area contributed by atoms with E-state index in [1.165, 1.54) is 11.1 Å². The van der Waals surface area contributed by atoms with Crippen LogP contribution in [0.1, 0.15) is 29.3 Å². The summed E-state index contributed by atoms with van der Waals surface area (Å²) in [6.07, 6.45) is -6.81. The normalized spacial score (nSPS) is 17.4. The lowest BCUT2D eigenvalue weighted by Gasteiger charge is -2.32. The summed E-state index contributed by atoms with van der Waals surface area (Å²) in [5.74, 6) is -5.43. The van der Waals surface area contributed by atoms with Crippen LogP contribution >= 0.6 is 0 Å². The Morgan fingerprint density at radius 3 is 2.07 bits per heavy atom. The van der Waals surface area contributed by atoms with Crippen LogP contribution in [-0.4, -0.2) is 113 Å². The van der Waals surface area contributed by atoms with Crippen LogP contribution < -0.4 is 5.32 Å². The number of hydrogen-bond acceptors (Lipinski definition) is 7. The maximum Gasteiger partial charge on any atom is 0.490 e. The number of carboxylic acid groups (broad SMARTS) is 2. The van der Waals surface area contributed by atoms with Crippen molar-refractivity contribution in [3.63, 3.8) is 0 Å². The molecule has 0 radical (unpaired) electrons. The second kappa shape index (κ2) is 16.2. The first-order valence-electron chi connectivity index (χ1n) is 13.1. The number of benzene rings is 1. The number of nitrogens with zero attached hydrogens (tertiary/aromatic N) is 4. The molecule has 4 rings (SSSR count). The van der Waals surface area contributed by atoms with Gasteiger partial charge in [0.1, 0.15) is 6.10 Å². The second-order valence-corrected chi connectivity index (χ2v) is 9.64. The molecule has 1 aromatic carbocycles. The van der Waals surface area contributed by atoms with Gasteiger partial charge in [-0.3, -0.25) is 9.48 Å². The van der Waals surface area contributed by atoms with Gasteiger partial charge in [0.25, 0.3) is 0 Å². The largest absolute Gasteiger partial charge is 0.490 e.